The molecule has 4 heterocycles. The van der Waals surface area contributed by atoms with Gasteiger partial charge in [-0.25, -0.2) is 0 Å². The van der Waals surface area contributed by atoms with Gasteiger partial charge >= 0.3 is 0 Å². The first-order valence-corrected chi connectivity index (χ1v) is 8.65. The Balaban J connectivity index is 1.98. The van der Waals surface area contributed by atoms with Crippen molar-refractivity contribution in [2.75, 3.05) is 5.73 Å². The van der Waals surface area contributed by atoms with Gasteiger partial charge in [0.05, 0.1) is 10.4 Å². The number of fused-ring (bicyclic) bond motifs is 1. The Bertz CT molecular complexity index is 852. The SMILES string of the molecule is Cn1nc(-c2cc3sccc3s2)c(-c2cccs2)c1N. The zero-order valence-corrected chi connectivity index (χ0v) is 13.1. The molecule has 0 aromatic carbocycles. The standard InChI is InChI=1S/C14H11N3S3/c1-17-14(15)12(9-3-2-5-18-9)13(16-17)11-7-10-8(20-11)4-6-19-10/h2-7H,15H2,1H3. The average Bonchev–Trinajstić information content (AvgIpc) is 3.14. The van der Waals surface area contributed by atoms with Gasteiger partial charge in [-0.2, -0.15) is 5.10 Å². The van der Waals surface area contributed by atoms with E-state index in [1.165, 1.54) is 19.2 Å². The van der Waals surface area contributed by atoms with E-state index in [9.17, 15) is 0 Å². The molecule has 0 bridgehead atoms. The maximum absolute atomic E-state index is 6.22. The van der Waals surface area contributed by atoms with Gasteiger partial charge in [-0.15, -0.1) is 34.0 Å². The number of aromatic nitrogens is 2. The monoisotopic (exact) mass is 317 g/mol. The van der Waals surface area contributed by atoms with E-state index in [1.54, 1.807) is 38.7 Å². The van der Waals surface area contributed by atoms with Crippen molar-refractivity contribution in [3.8, 4) is 21.0 Å². The molecular weight excluding hydrogens is 306 g/mol. The van der Waals surface area contributed by atoms with Crippen molar-refractivity contribution in [3.05, 3.63) is 35.0 Å². The molecule has 0 amide bonds. The Morgan fingerprint density at radius 2 is 2.00 bits per heavy atom. The minimum Gasteiger partial charge on any atom is -0.383 e. The number of hydrogen-bond acceptors (Lipinski definition) is 5. The number of nitrogens with zero attached hydrogens (tertiary/aromatic N) is 2. The molecule has 0 unspecified atom stereocenters. The van der Waals surface area contributed by atoms with Crippen LogP contribution in [0.2, 0.25) is 0 Å². The molecule has 4 aromatic heterocycles. The van der Waals surface area contributed by atoms with Crippen molar-refractivity contribution in [1.29, 1.82) is 0 Å². The third-order valence-corrected chi connectivity index (χ3v) is 6.22. The summed E-state index contributed by atoms with van der Waals surface area (Å²) in [5.41, 5.74) is 8.25. The van der Waals surface area contributed by atoms with Gasteiger partial charge in [0.1, 0.15) is 11.5 Å². The number of anilines is 1. The lowest BCUT2D eigenvalue weighted by Crippen LogP contribution is -1.97. The van der Waals surface area contributed by atoms with Crippen LogP contribution < -0.4 is 5.73 Å². The molecule has 100 valence electrons. The molecule has 2 N–H and O–H groups in total. The predicted octanol–water partition coefficient (Wildman–Crippen LogP) is 4.67. The van der Waals surface area contributed by atoms with Gasteiger partial charge in [0, 0.05) is 21.3 Å². The smallest absolute Gasteiger partial charge is 0.130 e. The van der Waals surface area contributed by atoms with Crippen LogP contribution in [0.25, 0.3) is 30.4 Å². The van der Waals surface area contributed by atoms with Gasteiger partial charge in [-0.3, -0.25) is 4.68 Å². The third-order valence-electron chi connectivity index (χ3n) is 3.23. The zero-order chi connectivity index (χ0) is 13.7. The summed E-state index contributed by atoms with van der Waals surface area (Å²) in [5, 5.41) is 8.82. The van der Waals surface area contributed by atoms with Crippen LogP contribution >= 0.6 is 34.0 Å². The summed E-state index contributed by atoms with van der Waals surface area (Å²) in [6.45, 7) is 0. The molecule has 0 radical (unpaired) electrons. The van der Waals surface area contributed by atoms with Crippen LogP contribution in [-0.2, 0) is 7.05 Å². The molecular formula is C14H11N3S3. The second kappa shape index (κ2) is 4.44. The number of rotatable bonds is 2. The molecule has 4 rings (SSSR count). The van der Waals surface area contributed by atoms with Gasteiger partial charge in [0.25, 0.3) is 0 Å². The summed E-state index contributed by atoms with van der Waals surface area (Å²) >= 11 is 5.23. The normalized spacial score (nSPS) is 11.4. The van der Waals surface area contributed by atoms with Gasteiger partial charge in [0.15, 0.2) is 0 Å². The van der Waals surface area contributed by atoms with Crippen LogP contribution in [0.1, 0.15) is 0 Å². The van der Waals surface area contributed by atoms with E-state index in [0.29, 0.717) is 0 Å². The Morgan fingerprint density at radius 1 is 1.10 bits per heavy atom. The van der Waals surface area contributed by atoms with E-state index in [0.717, 1.165) is 17.1 Å². The van der Waals surface area contributed by atoms with E-state index < -0.39 is 0 Å². The molecule has 20 heavy (non-hydrogen) atoms. The lowest BCUT2D eigenvalue weighted by Gasteiger charge is -1.98. The minimum atomic E-state index is 0.721. The Labute approximate surface area is 127 Å². The van der Waals surface area contributed by atoms with E-state index in [1.807, 2.05) is 13.1 Å². The van der Waals surface area contributed by atoms with E-state index >= 15 is 0 Å². The Kier molecular flexibility index (Phi) is 2.70. The number of nitrogen functional groups attached to an aromatic ring is 1. The lowest BCUT2D eigenvalue weighted by atomic mass is 10.1. The first-order chi connectivity index (χ1) is 9.74. The summed E-state index contributed by atoms with van der Waals surface area (Å²) in [6, 6.07) is 8.51. The summed E-state index contributed by atoms with van der Waals surface area (Å²) in [6.07, 6.45) is 0. The fraction of sp³-hybridized carbons (Fsp3) is 0.0714. The highest BCUT2D eigenvalue weighted by Gasteiger charge is 2.19. The van der Waals surface area contributed by atoms with Crippen LogP contribution in [0, 0.1) is 0 Å². The van der Waals surface area contributed by atoms with Crippen LogP contribution in [0.15, 0.2) is 35.0 Å². The summed E-state index contributed by atoms with van der Waals surface area (Å²) in [5.74, 6) is 0.721. The van der Waals surface area contributed by atoms with Gasteiger partial charge < -0.3 is 5.73 Å². The fourth-order valence-corrected chi connectivity index (χ4v) is 5.14. The molecule has 4 aromatic rings. The van der Waals surface area contributed by atoms with Crippen LogP contribution in [-0.4, -0.2) is 9.78 Å². The molecule has 0 aliphatic rings. The maximum Gasteiger partial charge on any atom is 0.130 e. The van der Waals surface area contributed by atoms with Crippen molar-refractivity contribution in [2.24, 2.45) is 7.05 Å². The molecule has 6 heteroatoms. The fourth-order valence-electron chi connectivity index (χ4n) is 2.26. The largest absolute Gasteiger partial charge is 0.383 e. The predicted molar refractivity (Wildman–Crippen MR) is 89.6 cm³/mol. The molecule has 0 saturated carbocycles. The van der Waals surface area contributed by atoms with E-state index in [-0.39, 0.29) is 0 Å². The molecule has 0 saturated heterocycles. The summed E-state index contributed by atoms with van der Waals surface area (Å²) < 4.78 is 4.38. The number of hydrogen-bond donors (Lipinski definition) is 1. The van der Waals surface area contributed by atoms with E-state index in [4.69, 9.17) is 5.73 Å². The second-order valence-corrected chi connectivity index (χ2v) is 7.45. The van der Waals surface area contributed by atoms with Crippen molar-refractivity contribution < 1.29 is 0 Å². The Hall–Kier alpha value is -1.63. The quantitative estimate of drug-likeness (QED) is 0.583. The zero-order valence-electron chi connectivity index (χ0n) is 10.7. The molecule has 0 atom stereocenters. The maximum atomic E-state index is 6.22. The highest BCUT2D eigenvalue weighted by atomic mass is 32.1. The highest BCUT2D eigenvalue weighted by Crippen LogP contribution is 2.43. The van der Waals surface area contributed by atoms with Crippen LogP contribution in [0.5, 0.6) is 0 Å². The third kappa shape index (κ3) is 1.72. The second-order valence-electron chi connectivity index (χ2n) is 4.47. The molecule has 0 spiro atoms. The summed E-state index contributed by atoms with van der Waals surface area (Å²) in [4.78, 5) is 2.35. The lowest BCUT2D eigenvalue weighted by molar-refractivity contribution is 0.783. The van der Waals surface area contributed by atoms with Crippen LogP contribution in [0.3, 0.4) is 0 Å². The van der Waals surface area contributed by atoms with Crippen molar-refractivity contribution in [1.82, 2.24) is 9.78 Å². The van der Waals surface area contributed by atoms with Gasteiger partial charge in [-0.05, 0) is 29.0 Å². The molecule has 0 aliphatic heterocycles. The van der Waals surface area contributed by atoms with Gasteiger partial charge in [0.2, 0.25) is 0 Å². The van der Waals surface area contributed by atoms with Crippen molar-refractivity contribution in [2.45, 2.75) is 0 Å². The number of thiophene rings is 3. The highest BCUT2D eigenvalue weighted by molar-refractivity contribution is 7.28. The van der Waals surface area contributed by atoms with Gasteiger partial charge in [-0.1, -0.05) is 6.07 Å². The minimum absolute atomic E-state index is 0.721. The van der Waals surface area contributed by atoms with E-state index in [2.05, 4.69) is 34.1 Å². The van der Waals surface area contributed by atoms with Crippen LogP contribution in [0.4, 0.5) is 5.82 Å². The molecule has 0 aliphatic carbocycles. The molecule has 0 fully saturated rings. The number of nitrogens with two attached hydrogens (primary N) is 1. The first-order valence-electron chi connectivity index (χ1n) is 6.08. The molecule has 3 nitrogen and oxygen atoms in total. The van der Waals surface area contributed by atoms with Crippen molar-refractivity contribution >= 4 is 49.2 Å². The first kappa shape index (κ1) is 12.1. The summed E-state index contributed by atoms with van der Waals surface area (Å²) in [7, 11) is 1.89. The number of aryl methyl sites for hydroxylation is 1. The average molecular weight is 317 g/mol. The van der Waals surface area contributed by atoms with Crippen molar-refractivity contribution in [3.63, 3.8) is 0 Å². The topological polar surface area (TPSA) is 43.8 Å². The Morgan fingerprint density at radius 3 is 2.75 bits per heavy atom.